The van der Waals surface area contributed by atoms with Crippen LogP contribution in [0.3, 0.4) is 0 Å². The predicted octanol–water partition coefficient (Wildman–Crippen LogP) is 3.27. The summed E-state index contributed by atoms with van der Waals surface area (Å²) < 4.78 is 0.932. The Morgan fingerprint density at radius 2 is 2.29 bits per heavy atom. The van der Waals surface area contributed by atoms with E-state index in [0.717, 1.165) is 29.2 Å². The molecule has 1 saturated carbocycles. The van der Waals surface area contributed by atoms with E-state index < -0.39 is 0 Å². The molecule has 1 aliphatic carbocycles. The highest BCUT2D eigenvalue weighted by atomic mass is 79.9. The van der Waals surface area contributed by atoms with Crippen molar-refractivity contribution in [3.8, 4) is 0 Å². The highest BCUT2D eigenvalue weighted by Gasteiger charge is 2.35. The first kappa shape index (κ1) is 12.6. The largest absolute Gasteiger partial charge is 0.366 e. The van der Waals surface area contributed by atoms with Gasteiger partial charge in [0, 0.05) is 18.8 Å². The average molecular weight is 299 g/mol. The normalized spacial score (nSPS) is 22.3. The molecule has 4 nitrogen and oxygen atoms in total. The van der Waals surface area contributed by atoms with Crippen LogP contribution in [0.4, 0.5) is 11.8 Å². The number of halogens is 1. The lowest BCUT2D eigenvalue weighted by Crippen LogP contribution is -2.10. The third-order valence-corrected chi connectivity index (χ3v) is 3.63. The van der Waals surface area contributed by atoms with Gasteiger partial charge in [-0.1, -0.05) is 20.3 Å². The summed E-state index contributed by atoms with van der Waals surface area (Å²) in [6.07, 6.45) is 5.37. The van der Waals surface area contributed by atoms with Crippen LogP contribution in [0.5, 0.6) is 0 Å². The van der Waals surface area contributed by atoms with E-state index in [4.69, 9.17) is 0 Å². The number of aromatic nitrogens is 2. The highest BCUT2D eigenvalue weighted by molar-refractivity contribution is 9.10. The number of rotatable bonds is 6. The molecule has 0 spiro atoms. The Kier molecular flexibility index (Phi) is 4.20. The van der Waals surface area contributed by atoms with E-state index in [-0.39, 0.29) is 0 Å². The van der Waals surface area contributed by atoms with Gasteiger partial charge in [-0.3, -0.25) is 0 Å². The van der Waals surface area contributed by atoms with Crippen LogP contribution in [0, 0.1) is 5.92 Å². The molecule has 1 aliphatic rings. The van der Waals surface area contributed by atoms with Gasteiger partial charge in [0.2, 0.25) is 5.95 Å². The van der Waals surface area contributed by atoms with Crippen LogP contribution < -0.4 is 10.6 Å². The van der Waals surface area contributed by atoms with Gasteiger partial charge in [0.1, 0.15) is 5.82 Å². The van der Waals surface area contributed by atoms with Crippen molar-refractivity contribution in [3.05, 3.63) is 10.7 Å². The Hall–Kier alpha value is -0.840. The second-order valence-corrected chi connectivity index (χ2v) is 5.33. The van der Waals surface area contributed by atoms with Gasteiger partial charge < -0.3 is 10.6 Å². The van der Waals surface area contributed by atoms with Crippen LogP contribution in [0.15, 0.2) is 10.7 Å². The lowest BCUT2D eigenvalue weighted by molar-refractivity contribution is 0.773. The lowest BCUT2D eigenvalue weighted by Gasteiger charge is -2.09. The first-order chi connectivity index (χ1) is 8.24. The zero-order valence-electron chi connectivity index (χ0n) is 10.3. The molecule has 17 heavy (non-hydrogen) atoms. The van der Waals surface area contributed by atoms with Gasteiger partial charge in [0.25, 0.3) is 0 Å². The smallest absolute Gasteiger partial charge is 0.224 e. The van der Waals surface area contributed by atoms with Gasteiger partial charge in [-0.05, 0) is 34.7 Å². The van der Waals surface area contributed by atoms with Crippen molar-refractivity contribution in [1.82, 2.24) is 9.97 Å². The minimum absolute atomic E-state index is 0.588. The van der Waals surface area contributed by atoms with E-state index in [1.165, 1.54) is 12.8 Å². The average Bonchev–Trinajstić information content (AvgIpc) is 3.08. The molecule has 0 bridgehead atoms. The third-order valence-electron chi connectivity index (χ3n) is 3.05. The van der Waals surface area contributed by atoms with Crippen LogP contribution in [-0.4, -0.2) is 22.6 Å². The fourth-order valence-electron chi connectivity index (χ4n) is 1.84. The second-order valence-electron chi connectivity index (χ2n) is 4.47. The summed E-state index contributed by atoms with van der Waals surface area (Å²) in [4.78, 5) is 8.71. The van der Waals surface area contributed by atoms with Gasteiger partial charge in [0.05, 0.1) is 4.47 Å². The molecule has 0 saturated heterocycles. The highest BCUT2D eigenvalue weighted by Crippen LogP contribution is 2.37. The van der Waals surface area contributed by atoms with Crippen LogP contribution in [0.25, 0.3) is 0 Å². The van der Waals surface area contributed by atoms with Crippen LogP contribution >= 0.6 is 15.9 Å². The summed E-state index contributed by atoms with van der Waals surface area (Å²) in [6.45, 7) is 5.26. The fourth-order valence-corrected chi connectivity index (χ4v) is 2.15. The molecule has 2 unspecified atom stereocenters. The quantitative estimate of drug-likeness (QED) is 0.846. The van der Waals surface area contributed by atoms with E-state index in [0.29, 0.717) is 12.0 Å². The van der Waals surface area contributed by atoms with Crippen molar-refractivity contribution in [2.75, 3.05) is 17.2 Å². The van der Waals surface area contributed by atoms with Crippen molar-refractivity contribution >= 4 is 27.7 Å². The molecular weight excluding hydrogens is 280 g/mol. The molecule has 0 amide bonds. The van der Waals surface area contributed by atoms with Crippen LogP contribution in [0.1, 0.15) is 33.1 Å². The first-order valence-corrected chi connectivity index (χ1v) is 7.06. The maximum absolute atomic E-state index is 4.48. The van der Waals surface area contributed by atoms with Crippen molar-refractivity contribution < 1.29 is 0 Å². The fraction of sp³-hybridized carbons (Fsp3) is 0.667. The minimum Gasteiger partial charge on any atom is -0.366 e. The number of nitrogens with zero attached hydrogens (tertiary/aromatic N) is 2. The second kappa shape index (κ2) is 5.67. The molecule has 0 radical (unpaired) electrons. The Bertz CT molecular complexity index is 383. The minimum atomic E-state index is 0.588. The van der Waals surface area contributed by atoms with Crippen molar-refractivity contribution in [3.63, 3.8) is 0 Å². The molecule has 1 aromatic heterocycles. The molecule has 94 valence electrons. The maximum Gasteiger partial charge on any atom is 0.224 e. The molecule has 2 N–H and O–H groups in total. The topological polar surface area (TPSA) is 49.8 Å². The zero-order chi connectivity index (χ0) is 12.3. The van der Waals surface area contributed by atoms with Crippen LogP contribution in [-0.2, 0) is 0 Å². The summed E-state index contributed by atoms with van der Waals surface area (Å²) in [5, 5.41) is 6.66. The van der Waals surface area contributed by atoms with E-state index in [1.54, 1.807) is 6.20 Å². The predicted molar refractivity (Wildman–Crippen MR) is 74.3 cm³/mol. The summed E-state index contributed by atoms with van der Waals surface area (Å²) in [7, 11) is 0. The molecule has 2 rings (SSSR count). The number of hydrogen-bond donors (Lipinski definition) is 2. The van der Waals surface area contributed by atoms with Crippen LogP contribution in [0.2, 0.25) is 0 Å². The Morgan fingerprint density at radius 3 is 2.94 bits per heavy atom. The van der Waals surface area contributed by atoms with Gasteiger partial charge in [0.15, 0.2) is 0 Å². The molecule has 1 fully saturated rings. The molecular formula is C12H19BrN4. The summed E-state index contributed by atoms with van der Waals surface area (Å²) >= 11 is 3.48. The first-order valence-electron chi connectivity index (χ1n) is 6.27. The SMILES string of the molecule is CCCNc1ncc(Br)c(NC2CC2CC)n1. The molecule has 1 heterocycles. The van der Waals surface area contributed by atoms with Crippen molar-refractivity contribution in [2.24, 2.45) is 5.92 Å². The van der Waals surface area contributed by atoms with E-state index >= 15 is 0 Å². The lowest BCUT2D eigenvalue weighted by atomic mass is 10.3. The number of hydrogen-bond acceptors (Lipinski definition) is 4. The van der Waals surface area contributed by atoms with E-state index in [1.807, 2.05) is 0 Å². The molecule has 5 heteroatoms. The molecule has 2 atom stereocenters. The molecule has 0 aliphatic heterocycles. The monoisotopic (exact) mass is 298 g/mol. The molecule has 0 aromatic carbocycles. The Morgan fingerprint density at radius 1 is 1.47 bits per heavy atom. The van der Waals surface area contributed by atoms with Crippen molar-refractivity contribution in [1.29, 1.82) is 0 Å². The maximum atomic E-state index is 4.48. The van der Waals surface area contributed by atoms with E-state index in [9.17, 15) is 0 Å². The number of anilines is 2. The Labute approximate surface area is 111 Å². The van der Waals surface area contributed by atoms with Gasteiger partial charge in [-0.15, -0.1) is 0 Å². The number of nitrogens with one attached hydrogen (secondary N) is 2. The Balaban J connectivity index is 1.99. The standard InChI is InChI=1S/C12H19BrN4/c1-3-5-14-12-15-7-9(13)11(17-12)16-10-6-8(10)4-2/h7-8,10H,3-6H2,1-2H3,(H2,14,15,16,17). The zero-order valence-corrected chi connectivity index (χ0v) is 11.9. The van der Waals surface area contributed by atoms with Gasteiger partial charge in [-0.25, -0.2) is 4.98 Å². The van der Waals surface area contributed by atoms with E-state index in [2.05, 4.69) is 50.4 Å². The third kappa shape index (κ3) is 3.31. The van der Waals surface area contributed by atoms with Crippen molar-refractivity contribution in [2.45, 2.75) is 39.2 Å². The summed E-state index contributed by atoms with van der Waals surface area (Å²) in [5.41, 5.74) is 0. The summed E-state index contributed by atoms with van der Waals surface area (Å²) in [5.74, 6) is 2.41. The van der Waals surface area contributed by atoms with Gasteiger partial charge >= 0.3 is 0 Å². The summed E-state index contributed by atoms with van der Waals surface area (Å²) in [6, 6.07) is 0.588. The van der Waals surface area contributed by atoms with Gasteiger partial charge in [-0.2, -0.15) is 4.98 Å². The molecule has 1 aromatic rings.